The Labute approximate surface area is 89.7 Å². The molecule has 2 aromatic rings. The molecule has 2 heterocycles. The van der Waals surface area contributed by atoms with Gasteiger partial charge in [0.25, 0.3) is 0 Å². The Bertz CT molecular complexity index is 444. The van der Waals surface area contributed by atoms with Gasteiger partial charge in [0.15, 0.2) is 10.5 Å². The van der Waals surface area contributed by atoms with Crippen molar-refractivity contribution >= 4 is 48.9 Å². The van der Waals surface area contributed by atoms with Crippen molar-refractivity contribution in [1.82, 2.24) is 15.0 Å². The van der Waals surface area contributed by atoms with Gasteiger partial charge in [0.05, 0.1) is 6.20 Å². The van der Waals surface area contributed by atoms with E-state index in [1.807, 2.05) is 0 Å². The number of fused-ring (bicyclic) bond motifs is 1. The summed E-state index contributed by atoms with van der Waals surface area (Å²) in [6.07, 6.45) is 3.19. The largest absolute Gasteiger partial charge is 0.610 e. The van der Waals surface area contributed by atoms with Gasteiger partial charge < -0.3 is 4.55 Å². The average Bonchev–Trinajstić information content (AvgIpc) is 2.46. The molecule has 1 atom stereocenters. The van der Waals surface area contributed by atoms with E-state index in [4.69, 9.17) is 0 Å². The minimum Gasteiger partial charge on any atom is -0.610 e. The molecule has 4 nitrogen and oxygen atoms in total. The highest BCUT2D eigenvalue weighted by Gasteiger charge is 2.13. The van der Waals surface area contributed by atoms with E-state index < -0.39 is 11.2 Å². The summed E-state index contributed by atoms with van der Waals surface area (Å²) < 4.78 is 12.3. The van der Waals surface area contributed by atoms with Crippen molar-refractivity contribution in [3.63, 3.8) is 0 Å². The zero-order chi connectivity index (χ0) is 9.42. The van der Waals surface area contributed by atoms with Crippen LogP contribution in [0.25, 0.3) is 10.5 Å². The van der Waals surface area contributed by atoms with Crippen LogP contribution in [0.1, 0.15) is 0 Å². The van der Waals surface area contributed by atoms with E-state index in [9.17, 15) is 4.55 Å². The van der Waals surface area contributed by atoms with E-state index in [0.29, 0.717) is 19.4 Å². The third-order valence-electron chi connectivity index (χ3n) is 1.32. The summed E-state index contributed by atoms with van der Waals surface area (Å²) in [6, 6.07) is 0. The van der Waals surface area contributed by atoms with Gasteiger partial charge in [-0.3, -0.25) is 0 Å². The molecule has 0 spiro atoms. The predicted octanol–water partition coefficient (Wildman–Crippen LogP) is 1.59. The maximum atomic E-state index is 11.1. The third-order valence-corrected chi connectivity index (χ3v) is 3.99. The Morgan fingerprint density at radius 3 is 3.00 bits per heavy atom. The molecule has 0 saturated carbocycles. The van der Waals surface area contributed by atoms with Crippen molar-refractivity contribution < 1.29 is 4.55 Å². The third kappa shape index (κ3) is 1.83. The van der Waals surface area contributed by atoms with Gasteiger partial charge in [-0.15, -0.1) is 0 Å². The Morgan fingerprint density at radius 1 is 1.54 bits per heavy atom. The van der Waals surface area contributed by atoms with Crippen LogP contribution in [0.2, 0.25) is 0 Å². The molecule has 2 rings (SSSR count). The van der Waals surface area contributed by atoms with Gasteiger partial charge in [0.1, 0.15) is 10.9 Å². The van der Waals surface area contributed by atoms with Gasteiger partial charge in [-0.2, -0.15) is 4.98 Å². The summed E-state index contributed by atoms with van der Waals surface area (Å²) in [6.45, 7) is 0. The average molecular weight is 278 g/mol. The van der Waals surface area contributed by atoms with Crippen molar-refractivity contribution in [2.75, 3.05) is 6.26 Å². The Balaban J connectivity index is 2.62. The van der Waals surface area contributed by atoms with Crippen LogP contribution < -0.4 is 0 Å². The number of aromatic nitrogens is 3. The lowest BCUT2D eigenvalue weighted by Gasteiger charge is -1.94. The van der Waals surface area contributed by atoms with Crippen molar-refractivity contribution in [1.29, 1.82) is 0 Å². The lowest BCUT2D eigenvalue weighted by Crippen LogP contribution is -1.95. The van der Waals surface area contributed by atoms with E-state index in [-0.39, 0.29) is 0 Å². The molecule has 0 radical (unpaired) electrons. The van der Waals surface area contributed by atoms with Crippen LogP contribution in [0.4, 0.5) is 0 Å². The van der Waals surface area contributed by atoms with Gasteiger partial charge in [0, 0.05) is 11.2 Å². The fraction of sp³-hybridized carbons (Fsp3) is 0.167. The maximum Gasteiger partial charge on any atom is 0.305 e. The normalized spacial score (nSPS) is 13.5. The van der Waals surface area contributed by atoms with Crippen LogP contribution in [0.3, 0.4) is 0 Å². The van der Waals surface area contributed by atoms with E-state index in [1.54, 1.807) is 12.5 Å². The molecular weight excluding hydrogens is 274 g/mol. The van der Waals surface area contributed by atoms with Crippen LogP contribution >= 0.6 is 27.3 Å². The van der Waals surface area contributed by atoms with E-state index in [2.05, 4.69) is 30.9 Å². The quantitative estimate of drug-likeness (QED) is 0.743. The molecule has 2 aromatic heterocycles. The summed E-state index contributed by atoms with van der Waals surface area (Å²) in [7, 11) is 0. The monoisotopic (exact) mass is 277 g/mol. The molecule has 0 amide bonds. The topological polar surface area (TPSA) is 61.7 Å². The van der Waals surface area contributed by atoms with Gasteiger partial charge in [-0.05, 0) is 27.3 Å². The first kappa shape index (κ1) is 9.32. The first-order chi connectivity index (χ1) is 6.16. The highest BCUT2D eigenvalue weighted by molar-refractivity contribution is 9.10. The SMILES string of the molecule is C[S+]([O-])c1nc2nc(Br)cnc2s1. The molecular formula is C6H4BrN3OS2. The minimum atomic E-state index is -1.06. The first-order valence-electron chi connectivity index (χ1n) is 3.29. The standard InChI is InChI=1S/C6H4BrN3OS2/c1-13(11)6-10-4-5(12-6)8-2-3(7)9-4/h2H,1H3. The number of rotatable bonds is 1. The van der Waals surface area contributed by atoms with Crippen molar-refractivity contribution in [2.45, 2.75) is 4.34 Å². The van der Waals surface area contributed by atoms with E-state index >= 15 is 0 Å². The molecule has 0 aliphatic rings. The molecule has 68 valence electrons. The summed E-state index contributed by atoms with van der Waals surface area (Å²) in [5.41, 5.74) is 0.546. The maximum absolute atomic E-state index is 11.1. The highest BCUT2D eigenvalue weighted by atomic mass is 79.9. The second-order valence-electron chi connectivity index (χ2n) is 2.26. The van der Waals surface area contributed by atoms with Gasteiger partial charge in [-0.25, -0.2) is 9.97 Å². The van der Waals surface area contributed by atoms with Crippen LogP contribution in [-0.4, -0.2) is 25.8 Å². The number of halogens is 1. The number of thiazole rings is 1. The highest BCUT2D eigenvalue weighted by Crippen LogP contribution is 2.22. The molecule has 0 saturated heterocycles. The van der Waals surface area contributed by atoms with Crippen LogP contribution in [-0.2, 0) is 11.2 Å². The van der Waals surface area contributed by atoms with Gasteiger partial charge in [0.2, 0.25) is 0 Å². The smallest absolute Gasteiger partial charge is 0.305 e. The molecule has 13 heavy (non-hydrogen) atoms. The van der Waals surface area contributed by atoms with Crippen molar-refractivity contribution in [2.24, 2.45) is 0 Å². The van der Waals surface area contributed by atoms with Crippen molar-refractivity contribution in [3.05, 3.63) is 10.8 Å². The second kappa shape index (κ2) is 3.49. The van der Waals surface area contributed by atoms with E-state index in [1.165, 1.54) is 11.3 Å². The lowest BCUT2D eigenvalue weighted by molar-refractivity contribution is 0.600. The first-order valence-corrected chi connectivity index (χ1v) is 6.46. The number of hydrogen-bond acceptors (Lipinski definition) is 5. The van der Waals surface area contributed by atoms with E-state index in [0.717, 1.165) is 0 Å². The van der Waals surface area contributed by atoms with Crippen LogP contribution in [0.5, 0.6) is 0 Å². The molecule has 0 N–H and O–H groups in total. The second-order valence-corrected chi connectivity index (χ2v) is 5.60. The molecule has 0 bridgehead atoms. The van der Waals surface area contributed by atoms with Crippen LogP contribution in [0.15, 0.2) is 15.1 Å². The summed E-state index contributed by atoms with van der Waals surface area (Å²) in [4.78, 5) is 13.0. The Hall–Kier alpha value is -0.240. The molecule has 0 fully saturated rings. The minimum absolute atomic E-state index is 0.546. The zero-order valence-electron chi connectivity index (χ0n) is 6.52. The fourth-order valence-corrected chi connectivity index (χ4v) is 2.58. The van der Waals surface area contributed by atoms with Gasteiger partial charge in [-0.1, -0.05) is 0 Å². The van der Waals surface area contributed by atoms with Crippen LogP contribution in [0, 0.1) is 0 Å². The Morgan fingerprint density at radius 2 is 2.31 bits per heavy atom. The predicted molar refractivity (Wildman–Crippen MR) is 55.2 cm³/mol. The molecule has 0 aliphatic heterocycles. The summed E-state index contributed by atoms with van der Waals surface area (Å²) in [5, 5.41) is 0. The fourth-order valence-electron chi connectivity index (χ4n) is 0.807. The summed E-state index contributed by atoms with van der Waals surface area (Å²) in [5.74, 6) is 0. The molecule has 0 aromatic carbocycles. The van der Waals surface area contributed by atoms with Crippen molar-refractivity contribution in [3.8, 4) is 0 Å². The lowest BCUT2D eigenvalue weighted by atomic mass is 10.7. The summed E-state index contributed by atoms with van der Waals surface area (Å²) >= 11 is 3.45. The number of hydrogen-bond donors (Lipinski definition) is 0. The molecule has 0 aliphatic carbocycles. The van der Waals surface area contributed by atoms with Gasteiger partial charge >= 0.3 is 4.34 Å². The number of nitrogens with zero attached hydrogens (tertiary/aromatic N) is 3. The zero-order valence-corrected chi connectivity index (χ0v) is 9.74. The molecule has 7 heteroatoms. The Kier molecular flexibility index (Phi) is 2.50. The molecule has 1 unspecified atom stereocenters.